The Hall–Kier alpha value is -2.46. The Bertz CT molecular complexity index is 786. The second-order valence-electron chi connectivity index (χ2n) is 4.40. The lowest BCUT2D eigenvalue weighted by molar-refractivity contribution is -0.00000693. The standard InChI is InChI=1S/C16H12O4.ClH/c1-19-12-5-6-13(14(18)9-12)15-7-3-10-2-4-11(17)8-16(10)20-15;/h2-9H,1H3,(H-,17,18);1H. The topological polar surface area (TPSA) is 61.0 Å². The van der Waals surface area contributed by atoms with Crippen molar-refractivity contribution in [2.75, 3.05) is 7.11 Å². The van der Waals surface area contributed by atoms with Crippen LogP contribution in [0, 0.1) is 0 Å². The number of hydrogen-bond acceptors (Lipinski definition) is 3. The summed E-state index contributed by atoms with van der Waals surface area (Å²) in [5.41, 5.74) is 1.12. The molecule has 21 heavy (non-hydrogen) atoms. The van der Waals surface area contributed by atoms with Crippen LogP contribution in [0.1, 0.15) is 0 Å². The Morgan fingerprint density at radius 1 is 0.952 bits per heavy atom. The van der Waals surface area contributed by atoms with Crippen LogP contribution in [0.5, 0.6) is 17.2 Å². The van der Waals surface area contributed by atoms with E-state index in [2.05, 4.69) is 0 Å². The van der Waals surface area contributed by atoms with E-state index in [1.807, 2.05) is 6.07 Å². The summed E-state index contributed by atoms with van der Waals surface area (Å²) >= 11 is 0. The van der Waals surface area contributed by atoms with E-state index >= 15 is 0 Å². The highest BCUT2D eigenvalue weighted by atomic mass is 35.5. The highest BCUT2D eigenvalue weighted by Gasteiger charge is 2.18. The third-order valence-electron chi connectivity index (χ3n) is 3.10. The minimum absolute atomic E-state index is 0. The zero-order chi connectivity index (χ0) is 14.1. The number of phenols is 2. The first kappa shape index (κ1) is 14.9. The lowest BCUT2D eigenvalue weighted by Crippen LogP contribution is -3.00. The zero-order valence-corrected chi connectivity index (χ0v) is 12.0. The minimum atomic E-state index is 0. The van der Waals surface area contributed by atoms with Crippen LogP contribution in [0.3, 0.4) is 0 Å². The van der Waals surface area contributed by atoms with Crippen molar-refractivity contribution >= 4 is 11.0 Å². The van der Waals surface area contributed by atoms with Crippen LogP contribution in [0.4, 0.5) is 0 Å². The first-order chi connectivity index (χ1) is 9.67. The van der Waals surface area contributed by atoms with Crippen molar-refractivity contribution in [2.45, 2.75) is 0 Å². The van der Waals surface area contributed by atoms with Crippen molar-refractivity contribution in [1.29, 1.82) is 0 Å². The van der Waals surface area contributed by atoms with Gasteiger partial charge in [0.2, 0.25) is 0 Å². The minimum Gasteiger partial charge on any atom is -1.00 e. The van der Waals surface area contributed by atoms with Gasteiger partial charge in [-0.05, 0) is 30.3 Å². The quantitative estimate of drug-likeness (QED) is 0.688. The van der Waals surface area contributed by atoms with Crippen LogP contribution < -0.4 is 17.1 Å². The molecule has 0 aliphatic heterocycles. The third-order valence-corrected chi connectivity index (χ3v) is 3.10. The molecule has 0 aliphatic rings. The molecule has 3 rings (SSSR count). The Morgan fingerprint density at radius 2 is 1.71 bits per heavy atom. The average Bonchev–Trinajstić information content (AvgIpc) is 2.46. The molecular formula is C16H13ClO4. The van der Waals surface area contributed by atoms with E-state index in [1.165, 1.54) is 13.2 Å². The number of aromatic hydroxyl groups is 2. The predicted molar refractivity (Wildman–Crippen MR) is 75.9 cm³/mol. The summed E-state index contributed by atoms with van der Waals surface area (Å²) in [5.74, 6) is 1.30. The van der Waals surface area contributed by atoms with Crippen LogP contribution >= 0.6 is 0 Å². The van der Waals surface area contributed by atoms with E-state index in [-0.39, 0.29) is 23.9 Å². The van der Waals surface area contributed by atoms with E-state index in [0.717, 1.165) is 5.39 Å². The Kier molecular flexibility index (Phi) is 4.19. The number of rotatable bonds is 2. The van der Waals surface area contributed by atoms with Gasteiger partial charge in [-0.25, -0.2) is 4.42 Å². The number of fused-ring (bicyclic) bond motifs is 1. The molecule has 5 heteroatoms. The molecule has 0 unspecified atom stereocenters. The van der Waals surface area contributed by atoms with Gasteiger partial charge in [-0.15, -0.1) is 0 Å². The van der Waals surface area contributed by atoms with Crippen molar-refractivity contribution in [3.8, 4) is 28.6 Å². The molecule has 0 atom stereocenters. The molecule has 2 aromatic carbocycles. The molecule has 0 bridgehead atoms. The molecular weight excluding hydrogens is 292 g/mol. The van der Waals surface area contributed by atoms with Crippen molar-refractivity contribution < 1.29 is 31.8 Å². The van der Waals surface area contributed by atoms with Crippen LogP contribution in [0.25, 0.3) is 22.3 Å². The number of methoxy groups -OCH3 is 1. The molecule has 1 aromatic heterocycles. The molecule has 0 fully saturated rings. The number of hydrogen-bond donors (Lipinski definition) is 2. The molecule has 4 nitrogen and oxygen atoms in total. The number of benzene rings is 2. The van der Waals surface area contributed by atoms with Crippen molar-refractivity contribution in [3.63, 3.8) is 0 Å². The molecule has 0 spiro atoms. The average molecular weight is 305 g/mol. The van der Waals surface area contributed by atoms with Crippen molar-refractivity contribution in [2.24, 2.45) is 0 Å². The second-order valence-corrected chi connectivity index (χ2v) is 4.40. The van der Waals surface area contributed by atoms with E-state index in [1.54, 1.807) is 36.4 Å². The van der Waals surface area contributed by atoms with Crippen LogP contribution in [-0.4, -0.2) is 17.3 Å². The lowest BCUT2D eigenvalue weighted by Gasteiger charge is -2.02. The second kappa shape index (κ2) is 5.89. The van der Waals surface area contributed by atoms with Gasteiger partial charge in [0.1, 0.15) is 22.8 Å². The van der Waals surface area contributed by atoms with E-state index in [4.69, 9.17) is 9.15 Å². The first-order valence-corrected chi connectivity index (χ1v) is 6.10. The highest BCUT2D eigenvalue weighted by molar-refractivity contribution is 5.80. The molecule has 0 saturated heterocycles. The van der Waals surface area contributed by atoms with Gasteiger partial charge in [0.25, 0.3) is 0 Å². The molecule has 2 N–H and O–H groups in total. The van der Waals surface area contributed by atoms with Crippen LogP contribution in [0.15, 0.2) is 52.9 Å². The van der Waals surface area contributed by atoms with Gasteiger partial charge >= 0.3 is 11.3 Å². The summed E-state index contributed by atoms with van der Waals surface area (Å²) in [5, 5.41) is 20.4. The van der Waals surface area contributed by atoms with Crippen molar-refractivity contribution in [3.05, 3.63) is 48.5 Å². The monoisotopic (exact) mass is 304 g/mol. The summed E-state index contributed by atoms with van der Waals surface area (Å²) in [6.07, 6.45) is 0. The fraction of sp³-hybridized carbons (Fsp3) is 0.0625. The number of ether oxygens (including phenoxy) is 1. The maximum atomic E-state index is 10.0. The smallest absolute Gasteiger partial charge is 0.364 e. The van der Waals surface area contributed by atoms with Crippen LogP contribution in [0.2, 0.25) is 0 Å². The Balaban J connectivity index is 0.00000161. The van der Waals surface area contributed by atoms with Gasteiger partial charge in [0, 0.05) is 12.1 Å². The maximum Gasteiger partial charge on any atom is 0.364 e. The summed E-state index contributed by atoms with van der Waals surface area (Å²) < 4.78 is 10.8. The molecule has 1 heterocycles. The lowest BCUT2D eigenvalue weighted by atomic mass is 10.1. The summed E-state index contributed by atoms with van der Waals surface area (Å²) in [6, 6.07) is 13.6. The molecule has 0 aliphatic carbocycles. The highest BCUT2D eigenvalue weighted by Crippen LogP contribution is 2.34. The normalized spacial score (nSPS) is 10.1. The molecule has 0 amide bonds. The maximum absolute atomic E-state index is 10.0. The van der Waals surface area contributed by atoms with Crippen molar-refractivity contribution in [1.82, 2.24) is 0 Å². The Labute approximate surface area is 127 Å². The Morgan fingerprint density at radius 3 is 2.43 bits per heavy atom. The predicted octanol–water partition coefficient (Wildman–Crippen LogP) is 0.805. The number of phenolic OH excluding ortho intramolecular Hbond substituents is 2. The van der Waals surface area contributed by atoms with Gasteiger partial charge in [-0.1, -0.05) is 0 Å². The SMILES string of the molecule is COc1ccc(-c2ccc3ccc(O)cc3[o+]2)c(O)c1.[Cl-]. The molecule has 3 aromatic rings. The first-order valence-electron chi connectivity index (χ1n) is 6.10. The number of halogens is 1. The summed E-state index contributed by atoms with van der Waals surface area (Å²) in [6.45, 7) is 0. The fourth-order valence-corrected chi connectivity index (χ4v) is 2.06. The van der Waals surface area contributed by atoms with E-state index in [9.17, 15) is 10.2 Å². The molecule has 0 radical (unpaired) electrons. The zero-order valence-electron chi connectivity index (χ0n) is 11.2. The third kappa shape index (κ3) is 2.85. The van der Waals surface area contributed by atoms with Gasteiger partial charge in [0.05, 0.1) is 18.6 Å². The van der Waals surface area contributed by atoms with E-state index in [0.29, 0.717) is 22.7 Å². The van der Waals surface area contributed by atoms with Crippen LogP contribution in [-0.2, 0) is 0 Å². The van der Waals surface area contributed by atoms with Gasteiger partial charge < -0.3 is 27.4 Å². The van der Waals surface area contributed by atoms with E-state index < -0.39 is 0 Å². The summed E-state index contributed by atoms with van der Waals surface area (Å²) in [7, 11) is 1.54. The summed E-state index contributed by atoms with van der Waals surface area (Å²) in [4.78, 5) is 0. The van der Waals surface area contributed by atoms with Gasteiger partial charge in [0.15, 0.2) is 0 Å². The van der Waals surface area contributed by atoms with Gasteiger partial charge in [-0.2, -0.15) is 0 Å². The molecule has 108 valence electrons. The molecule has 0 saturated carbocycles. The largest absolute Gasteiger partial charge is 1.00 e. The van der Waals surface area contributed by atoms with Gasteiger partial charge in [-0.3, -0.25) is 0 Å². The fourth-order valence-electron chi connectivity index (χ4n) is 2.06.